The predicted octanol–water partition coefficient (Wildman–Crippen LogP) is 5.51. The van der Waals surface area contributed by atoms with Gasteiger partial charge < -0.3 is 5.32 Å². The van der Waals surface area contributed by atoms with Crippen molar-refractivity contribution in [3.8, 4) is 0 Å². The lowest BCUT2D eigenvalue weighted by molar-refractivity contribution is 0.102. The predicted molar refractivity (Wildman–Crippen MR) is 129 cm³/mol. The highest BCUT2D eigenvalue weighted by atomic mass is 32.2. The number of nitrogens with one attached hydrogen (secondary N) is 1. The lowest BCUT2D eigenvalue weighted by atomic mass is 9.98. The number of fused-ring (bicyclic) bond motifs is 1. The summed E-state index contributed by atoms with van der Waals surface area (Å²) < 4.78 is 28.0. The van der Waals surface area contributed by atoms with Gasteiger partial charge in [-0.2, -0.15) is 0 Å². The van der Waals surface area contributed by atoms with E-state index < -0.39 is 10.0 Å². The van der Waals surface area contributed by atoms with Gasteiger partial charge in [-0.15, -0.1) is 0 Å². The highest BCUT2D eigenvalue weighted by Crippen LogP contribution is 2.37. The van der Waals surface area contributed by atoms with Crippen LogP contribution in [0, 0.1) is 6.92 Å². The van der Waals surface area contributed by atoms with Gasteiger partial charge in [-0.1, -0.05) is 50.2 Å². The summed E-state index contributed by atoms with van der Waals surface area (Å²) in [7, 11) is -3.67. The third-order valence-electron chi connectivity index (χ3n) is 5.96. The van der Waals surface area contributed by atoms with Crippen LogP contribution in [0.1, 0.15) is 53.7 Å². The van der Waals surface area contributed by atoms with Gasteiger partial charge in [0.1, 0.15) is 0 Å². The molecule has 0 radical (unpaired) electrons. The molecule has 1 aliphatic rings. The molecule has 0 aliphatic carbocycles. The fraction of sp³-hybridized carbons (Fsp3) is 0.269. The van der Waals surface area contributed by atoms with E-state index in [4.69, 9.17) is 0 Å². The average Bonchev–Trinajstić information content (AvgIpc) is 3.11. The van der Waals surface area contributed by atoms with Gasteiger partial charge in [0.15, 0.2) is 0 Å². The van der Waals surface area contributed by atoms with Gasteiger partial charge in [-0.25, -0.2) is 8.42 Å². The van der Waals surface area contributed by atoms with Gasteiger partial charge in [0, 0.05) is 17.3 Å². The Balaban J connectivity index is 1.65. The van der Waals surface area contributed by atoms with Crippen molar-refractivity contribution in [2.45, 2.75) is 51.0 Å². The molecule has 3 aromatic rings. The van der Waals surface area contributed by atoms with Gasteiger partial charge >= 0.3 is 0 Å². The van der Waals surface area contributed by atoms with Crippen molar-refractivity contribution in [2.75, 3.05) is 9.62 Å². The van der Waals surface area contributed by atoms with E-state index in [0.29, 0.717) is 17.7 Å². The van der Waals surface area contributed by atoms with Crippen LogP contribution in [0.25, 0.3) is 0 Å². The zero-order valence-corrected chi connectivity index (χ0v) is 19.6. The second-order valence-electron chi connectivity index (χ2n) is 8.66. The third-order valence-corrected chi connectivity index (χ3v) is 7.90. The van der Waals surface area contributed by atoms with E-state index in [9.17, 15) is 13.2 Å². The van der Waals surface area contributed by atoms with Crippen LogP contribution in [0.2, 0.25) is 0 Å². The number of anilines is 2. The van der Waals surface area contributed by atoms with E-state index in [0.717, 1.165) is 22.4 Å². The van der Waals surface area contributed by atoms with Gasteiger partial charge in [0.2, 0.25) is 0 Å². The lowest BCUT2D eigenvalue weighted by Crippen LogP contribution is -2.35. The Labute approximate surface area is 190 Å². The quantitative estimate of drug-likeness (QED) is 0.560. The molecule has 0 saturated carbocycles. The number of benzene rings is 3. The van der Waals surface area contributed by atoms with Gasteiger partial charge in [-0.05, 0) is 73.2 Å². The molecule has 0 spiro atoms. The summed E-state index contributed by atoms with van der Waals surface area (Å²) in [6.07, 6.45) is 0.560. The normalized spacial score (nSPS) is 15.7. The Morgan fingerprint density at radius 1 is 1.03 bits per heavy atom. The maximum atomic E-state index is 13.3. The van der Waals surface area contributed by atoms with Crippen molar-refractivity contribution in [1.82, 2.24) is 0 Å². The topological polar surface area (TPSA) is 66.5 Å². The van der Waals surface area contributed by atoms with Crippen molar-refractivity contribution in [3.05, 3.63) is 89.0 Å². The molecule has 6 heteroatoms. The number of amides is 1. The Hall–Kier alpha value is -3.12. The van der Waals surface area contributed by atoms with Crippen molar-refractivity contribution >= 4 is 27.3 Å². The number of para-hydroxylation sites is 1. The number of carbonyl (C=O) groups excluding carboxylic acids is 1. The number of rotatable bonds is 5. The van der Waals surface area contributed by atoms with Gasteiger partial charge in [0.25, 0.3) is 15.9 Å². The van der Waals surface area contributed by atoms with Crippen LogP contribution in [-0.2, 0) is 16.4 Å². The first-order valence-electron chi connectivity index (χ1n) is 10.8. The zero-order chi connectivity index (χ0) is 23.0. The fourth-order valence-electron chi connectivity index (χ4n) is 4.34. The summed E-state index contributed by atoms with van der Waals surface area (Å²) in [5, 5.41) is 3.08. The third kappa shape index (κ3) is 3.91. The second-order valence-corrected chi connectivity index (χ2v) is 10.5. The molecule has 166 valence electrons. The molecule has 0 aromatic heterocycles. The van der Waals surface area contributed by atoms with Crippen molar-refractivity contribution in [1.29, 1.82) is 0 Å². The molecule has 5 nitrogen and oxygen atoms in total. The van der Waals surface area contributed by atoms with Crippen molar-refractivity contribution < 1.29 is 13.2 Å². The maximum absolute atomic E-state index is 13.3. The van der Waals surface area contributed by atoms with Gasteiger partial charge in [-0.3, -0.25) is 9.10 Å². The molecule has 1 amide bonds. The second kappa shape index (κ2) is 8.43. The summed E-state index contributed by atoms with van der Waals surface area (Å²) in [4.78, 5) is 13.3. The Kier molecular flexibility index (Phi) is 5.82. The van der Waals surface area contributed by atoms with Gasteiger partial charge in [0.05, 0.1) is 10.6 Å². The largest absolute Gasteiger partial charge is 0.321 e. The molecule has 1 heterocycles. The van der Waals surface area contributed by atoms with Crippen molar-refractivity contribution in [2.24, 2.45) is 0 Å². The van der Waals surface area contributed by atoms with E-state index in [1.165, 1.54) is 4.31 Å². The minimum Gasteiger partial charge on any atom is -0.321 e. The van der Waals surface area contributed by atoms with Crippen LogP contribution < -0.4 is 9.62 Å². The molecule has 1 aliphatic heterocycles. The maximum Gasteiger partial charge on any atom is 0.264 e. The van der Waals surface area contributed by atoms with E-state index in [1.54, 1.807) is 42.5 Å². The van der Waals surface area contributed by atoms with E-state index in [1.807, 2.05) is 38.1 Å². The van der Waals surface area contributed by atoms with Crippen LogP contribution >= 0.6 is 0 Å². The monoisotopic (exact) mass is 448 g/mol. The standard InChI is InChI=1S/C26H28N2O3S/c1-17(2)23-12-8-9-18(3)25(23)27-26(29)20-13-14-24-21(16-20)15-19(4)28(24)32(30,31)22-10-6-5-7-11-22/h5-14,16-17,19H,15H2,1-4H3,(H,27,29)/t19-/m0/s1. The number of carbonyl (C=O) groups is 1. The molecule has 3 aromatic carbocycles. The summed E-state index contributed by atoms with van der Waals surface area (Å²) in [5.74, 6) is 0.0869. The molecule has 0 bridgehead atoms. The minimum atomic E-state index is -3.67. The van der Waals surface area contributed by atoms with Crippen LogP contribution in [0.4, 0.5) is 11.4 Å². The molecule has 1 N–H and O–H groups in total. The molecule has 4 rings (SSSR count). The summed E-state index contributed by atoms with van der Waals surface area (Å²) >= 11 is 0. The SMILES string of the molecule is Cc1cccc(C(C)C)c1NC(=O)c1ccc2c(c1)C[C@H](C)N2S(=O)(=O)c1ccccc1. The highest BCUT2D eigenvalue weighted by molar-refractivity contribution is 7.92. The van der Waals surface area contributed by atoms with Crippen LogP contribution in [0.3, 0.4) is 0 Å². The average molecular weight is 449 g/mol. The Morgan fingerprint density at radius 2 is 1.75 bits per heavy atom. The summed E-state index contributed by atoms with van der Waals surface area (Å²) in [5.41, 5.74) is 4.96. The number of aryl methyl sites for hydroxylation is 1. The number of sulfonamides is 1. The minimum absolute atomic E-state index is 0.194. The van der Waals surface area contributed by atoms with Crippen LogP contribution in [-0.4, -0.2) is 20.4 Å². The smallest absolute Gasteiger partial charge is 0.264 e. The lowest BCUT2D eigenvalue weighted by Gasteiger charge is -2.24. The molecule has 1 atom stereocenters. The van der Waals surface area contributed by atoms with E-state index >= 15 is 0 Å². The van der Waals surface area contributed by atoms with Crippen LogP contribution in [0.15, 0.2) is 71.6 Å². The first-order valence-corrected chi connectivity index (χ1v) is 12.3. The molecular formula is C26H28N2O3S. The Morgan fingerprint density at radius 3 is 2.44 bits per heavy atom. The fourth-order valence-corrected chi connectivity index (χ4v) is 6.06. The number of hydrogen-bond acceptors (Lipinski definition) is 3. The molecule has 0 unspecified atom stereocenters. The zero-order valence-electron chi connectivity index (χ0n) is 18.8. The van der Waals surface area contributed by atoms with Crippen molar-refractivity contribution in [3.63, 3.8) is 0 Å². The highest BCUT2D eigenvalue weighted by Gasteiger charge is 2.36. The Bertz CT molecular complexity index is 1270. The number of nitrogens with zero attached hydrogens (tertiary/aromatic N) is 1. The van der Waals surface area contributed by atoms with E-state index in [2.05, 4.69) is 19.2 Å². The molecule has 0 saturated heterocycles. The summed E-state index contributed by atoms with van der Waals surface area (Å²) in [6, 6.07) is 19.5. The van der Waals surface area contributed by atoms with Crippen LogP contribution in [0.5, 0.6) is 0 Å². The molecule has 32 heavy (non-hydrogen) atoms. The first kappa shape index (κ1) is 22.1. The first-order chi connectivity index (χ1) is 15.2. The van der Waals surface area contributed by atoms with E-state index in [-0.39, 0.29) is 22.8 Å². The molecular weight excluding hydrogens is 420 g/mol. The number of hydrogen-bond donors (Lipinski definition) is 1. The molecule has 0 fully saturated rings. The summed E-state index contributed by atoms with van der Waals surface area (Å²) in [6.45, 7) is 8.08.